The summed E-state index contributed by atoms with van der Waals surface area (Å²) in [7, 11) is 0. The molecule has 3 atom stereocenters. The Kier molecular flexibility index (Phi) is 4.05. The quantitative estimate of drug-likeness (QED) is 0.918. The highest BCUT2D eigenvalue weighted by Gasteiger charge is 2.35. The normalized spacial score (nSPS) is 27.8. The maximum absolute atomic E-state index is 10.4. The van der Waals surface area contributed by atoms with Crippen LogP contribution >= 0.6 is 0 Å². The lowest BCUT2D eigenvalue weighted by molar-refractivity contribution is 0.0507. The second kappa shape index (κ2) is 5.95. The van der Waals surface area contributed by atoms with E-state index in [0.717, 1.165) is 24.6 Å². The molecule has 1 aromatic carbocycles. The van der Waals surface area contributed by atoms with Crippen molar-refractivity contribution in [3.8, 4) is 6.07 Å². The third-order valence-corrected chi connectivity index (χ3v) is 4.94. The van der Waals surface area contributed by atoms with Gasteiger partial charge in [0.05, 0.1) is 17.7 Å². The minimum Gasteiger partial charge on any atom is -0.387 e. The first kappa shape index (κ1) is 13.6. The van der Waals surface area contributed by atoms with Crippen molar-refractivity contribution < 1.29 is 5.11 Å². The fourth-order valence-electron chi connectivity index (χ4n) is 3.89. The number of nitriles is 1. The highest BCUT2D eigenvalue weighted by Crippen LogP contribution is 2.37. The van der Waals surface area contributed by atoms with Gasteiger partial charge in [-0.2, -0.15) is 5.26 Å². The van der Waals surface area contributed by atoms with Gasteiger partial charge < -0.3 is 5.11 Å². The molecule has 20 heavy (non-hydrogen) atoms. The molecule has 3 heteroatoms. The molecule has 0 radical (unpaired) electrons. The molecule has 1 saturated heterocycles. The molecule has 1 aromatic rings. The summed E-state index contributed by atoms with van der Waals surface area (Å²) in [5.74, 6) is 0.858. The fourth-order valence-corrected chi connectivity index (χ4v) is 3.89. The van der Waals surface area contributed by atoms with Crippen LogP contribution in [0.4, 0.5) is 0 Å². The number of aliphatic hydroxyl groups excluding tert-OH is 1. The molecule has 1 aliphatic carbocycles. The molecule has 2 fully saturated rings. The average molecular weight is 270 g/mol. The van der Waals surface area contributed by atoms with E-state index in [1.807, 2.05) is 12.1 Å². The number of rotatable bonds is 3. The number of fused-ring (bicyclic) bond motifs is 1. The number of benzene rings is 1. The van der Waals surface area contributed by atoms with Crippen molar-refractivity contribution in [3.05, 3.63) is 35.4 Å². The van der Waals surface area contributed by atoms with E-state index in [1.165, 1.54) is 32.1 Å². The van der Waals surface area contributed by atoms with Crippen molar-refractivity contribution in [2.45, 2.75) is 44.2 Å². The summed E-state index contributed by atoms with van der Waals surface area (Å²) in [6, 6.07) is 10.1. The molecule has 0 amide bonds. The van der Waals surface area contributed by atoms with Crippen LogP contribution in [-0.4, -0.2) is 29.1 Å². The number of likely N-dealkylation sites (tertiary alicyclic amines) is 1. The Bertz CT molecular complexity index is 491. The molecule has 3 nitrogen and oxygen atoms in total. The third-order valence-electron chi connectivity index (χ3n) is 4.94. The predicted molar refractivity (Wildman–Crippen MR) is 78.1 cm³/mol. The lowest BCUT2D eigenvalue weighted by Crippen LogP contribution is -2.44. The number of β-amino-alcohol motifs (C(OH)–C–C–N with tert-alkyl or cyclic N) is 1. The Morgan fingerprint density at radius 3 is 2.70 bits per heavy atom. The second-order valence-electron chi connectivity index (χ2n) is 6.15. The molecule has 1 aliphatic heterocycles. The standard InChI is InChI=1S/C17H22N2O/c18-11-13-6-8-15(9-7-13)17(20)12-19-10-2-4-14-3-1-5-16(14)19/h6-9,14,16-17,20H,1-5,10,12H2. The maximum Gasteiger partial charge on any atom is 0.0991 e. The van der Waals surface area contributed by atoms with Gasteiger partial charge in [-0.3, -0.25) is 4.90 Å². The third kappa shape index (κ3) is 2.72. The summed E-state index contributed by atoms with van der Waals surface area (Å²) >= 11 is 0. The van der Waals surface area contributed by atoms with Gasteiger partial charge in [0, 0.05) is 12.6 Å². The lowest BCUT2D eigenvalue weighted by Gasteiger charge is -2.38. The van der Waals surface area contributed by atoms with Gasteiger partial charge in [0.1, 0.15) is 0 Å². The first-order valence-electron chi connectivity index (χ1n) is 7.70. The number of aliphatic hydroxyl groups is 1. The lowest BCUT2D eigenvalue weighted by atomic mass is 9.91. The summed E-state index contributed by atoms with van der Waals surface area (Å²) in [5.41, 5.74) is 1.57. The van der Waals surface area contributed by atoms with Gasteiger partial charge in [0.15, 0.2) is 0 Å². The second-order valence-corrected chi connectivity index (χ2v) is 6.15. The van der Waals surface area contributed by atoms with Crippen LogP contribution in [0.1, 0.15) is 49.3 Å². The van der Waals surface area contributed by atoms with Crippen molar-refractivity contribution in [1.82, 2.24) is 4.90 Å². The molecule has 2 aliphatic rings. The zero-order chi connectivity index (χ0) is 13.9. The Morgan fingerprint density at radius 1 is 1.20 bits per heavy atom. The minimum atomic E-state index is -0.443. The zero-order valence-electron chi connectivity index (χ0n) is 11.8. The van der Waals surface area contributed by atoms with Gasteiger partial charge in [-0.1, -0.05) is 18.6 Å². The zero-order valence-corrected chi connectivity index (χ0v) is 11.8. The molecule has 0 aromatic heterocycles. The van der Waals surface area contributed by atoms with Crippen LogP contribution in [0.2, 0.25) is 0 Å². The van der Waals surface area contributed by atoms with E-state index in [2.05, 4.69) is 11.0 Å². The van der Waals surface area contributed by atoms with Crippen molar-refractivity contribution in [2.24, 2.45) is 5.92 Å². The molecular formula is C17H22N2O. The van der Waals surface area contributed by atoms with Gasteiger partial charge in [-0.15, -0.1) is 0 Å². The van der Waals surface area contributed by atoms with E-state index in [9.17, 15) is 5.11 Å². The average Bonchev–Trinajstić information content (AvgIpc) is 2.97. The van der Waals surface area contributed by atoms with Gasteiger partial charge in [-0.05, 0) is 55.8 Å². The van der Waals surface area contributed by atoms with Crippen molar-refractivity contribution >= 4 is 0 Å². The van der Waals surface area contributed by atoms with E-state index in [4.69, 9.17) is 5.26 Å². The van der Waals surface area contributed by atoms with Crippen LogP contribution in [-0.2, 0) is 0 Å². The predicted octanol–water partition coefficient (Wildman–Crippen LogP) is 2.86. The highest BCUT2D eigenvalue weighted by molar-refractivity contribution is 5.32. The van der Waals surface area contributed by atoms with Crippen molar-refractivity contribution in [2.75, 3.05) is 13.1 Å². The van der Waals surface area contributed by atoms with Crippen molar-refractivity contribution in [1.29, 1.82) is 5.26 Å². The van der Waals surface area contributed by atoms with E-state index >= 15 is 0 Å². The summed E-state index contributed by atoms with van der Waals surface area (Å²) in [4.78, 5) is 2.49. The molecule has 0 bridgehead atoms. The molecule has 1 saturated carbocycles. The van der Waals surface area contributed by atoms with Crippen LogP contribution in [0, 0.1) is 17.2 Å². The van der Waals surface area contributed by atoms with E-state index < -0.39 is 6.10 Å². The molecule has 106 valence electrons. The van der Waals surface area contributed by atoms with Gasteiger partial charge in [-0.25, -0.2) is 0 Å². The van der Waals surface area contributed by atoms with Crippen LogP contribution in [0.5, 0.6) is 0 Å². The highest BCUT2D eigenvalue weighted by atomic mass is 16.3. The maximum atomic E-state index is 10.4. The SMILES string of the molecule is N#Cc1ccc(C(O)CN2CCCC3CCCC32)cc1. The molecular weight excluding hydrogens is 248 g/mol. The molecule has 1 N–H and O–H groups in total. The van der Waals surface area contributed by atoms with Crippen LogP contribution < -0.4 is 0 Å². The smallest absolute Gasteiger partial charge is 0.0991 e. The van der Waals surface area contributed by atoms with Gasteiger partial charge in [0.2, 0.25) is 0 Å². The van der Waals surface area contributed by atoms with E-state index in [0.29, 0.717) is 11.6 Å². The van der Waals surface area contributed by atoms with Crippen LogP contribution in [0.25, 0.3) is 0 Å². The molecule has 1 heterocycles. The number of piperidine rings is 1. The number of hydrogen-bond donors (Lipinski definition) is 1. The Hall–Kier alpha value is -1.37. The Morgan fingerprint density at radius 2 is 1.95 bits per heavy atom. The summed E-state index contributed by atoms with van der Waals surface area (Å²) in [6.45, 7) is 1.85. The largest absolute Gasteiger partial charge is 0.387 e. The van der Waals surface area contributed by atoms with Gasteiger partial charge in [0.25, 0.3) is 0 Å². The Labute approximate surface area is 120 Å². The van der Waals surface area contributed by atoms with E-state index in [1.54, 1.807) is 12.1 Å². The summed E-state index contributed by atoms with van der Waals surface area (Å²) in [5, 5.41) is 19.2. The first-order valence-corrected chi connectivity index (χ1v) is 7.70. The van der Waals surface area contributed by atoms with E-state index in [-0.39, 0.29) is 0 Å². The van der Waals surface area contributed by atoms with Crippen molar-refractivity contribution in [3.63, 3.8) is 0 Å². The molecule has 3 unspecified atom stereocenters. The number of nitrogens with zero attached hydrogens (tertiary/aromatic N) is 2. The fraction of sp³-hybridized carbons (Fsp3) is 0.588. The van der Waals surface area contributed by atoms with Gasteiger partial charge >= 0.3 is 0 Å². The first-order chi connectivity index (χ1) is 9.78. The topological polar surface area (TPSA) is 47.3 Å². The Balaban J connectivity index is 1.65. The summed E-state index contributed by atoms with van der Waals surface area (Å²) < 4.78 is 0. The molecule has 0 spiro atoms. The minimum absolute atomic E-state index is 0.443. The monoisotopic (exact) mass is 270 g/mol. The summed E-state index contributed by atoms with van der Waals surface area (Å²) in [6.07, 6.45) is 6.20. The molecule has 3 rings (SSSR count). The van der Waals surface area contributed by atoms with Crippen LogP contribution in [0.3, 0.4) is 0 Å². The number of hydrogen-bond acceptors (Lipinski definition) is 3. The van der Waals surface area contributed by atoms with Crippen LogP contribution in [0.15, 0.2) is 24.3 Å².